The van der Waals surface area contributed by atoms with E-state index in [-0.39, 0.29) is 6.17 Å². The van der Waals surface area contributed by atoms with E-state index in [1.165, 1.54) is 0 Å². The van der Waals surface area contributed by atoms with Gasteiger partial charge in [0.15, 0.2) is 17.2 Å². The summed E-state index contributed by atoms with van der Waals surface area (Å²) in [7, 11) is 0. The van der Waals surface area contributed by atoms with Crippen molar-refractivity contribution >= 4 is 45.1 Å². The molecule has 0 aliphatic carbocycles. The van der Waals surface area contributed by atoms with Crippen LogP contribution in [0.25, 0.3) is 22.1 Å². The van der Waals surface area contributed by atoms with Gasteiger partial charge in [0.05, 0.1) is 5.69 Å². The van der Waals surface area contributed by atoms with E-state index in [0.29, 0.717) is 5.71 Å². The van der Waals surface area contributed by atoms with Crippen molar-refractivity contribution in [3.63, 3.8) is 0 Å². The molecule has 0 unspecified atom stereocenters. The SMILES string of the molecule is Cc1ccc2c(n1)oc1c(N3c4nccnc4N(c4ccccc4)[C@@H]3C)c(C)ccc12. The number of aromatic nitrogens is 3. The van der Waals surface area contributed by atoms with Gasteiger partial charge in [-0.05, 0) is 50.6 Å². The fourth-order valence-electron chi connectivity index (χ4n) is 4.55. The number of hydrogen-bond acceptors (Lipinski definition) is 6. The van der Waals surface area contributed by atoms with Crippen molar-refractivity contribution in [1.82, 2.24) is 15.0 Å². The average molecular weight is 407 g/mol. The Bertz CT molecular complexity index is 1440. The number of rotatable bonds is 2. The van der Waals surface area contributed by atoms with Crippen LogP contribution < -0.4 is 9.80 Å². The highest BCUT2D eigenvalue weighted by molar-refractivity contribution is 6.09. The monoisotopic (exact) mass is 407 g/mol. The van der Waals surface area contributed by atoms with Crippen molar-refractivity contribution in [2.75, 3.05) is 9.80 Å². The predicted octanol–water partition coefficient (Wildman–Crippen LogP) is 6.02. The van der Waals surface area contributed by atoms with E-state index in [2.05, 4.69) is 63.9 Å². The highest BCUT2D eigenvalue weighted by Gasteiger charge is 2.39. The Morgan fingerprint density at radius 1 is 0.806 bits per heavy atom. The molecule has 0 radical (unpaired) electrons. The number of nitrogens with zero attached hydrogens (tertiary/aromatic N) is 5. The molecular weight excluding hydrogens is 386 g/mol. The molecule has 3 aromatic heterocycles. The van der Waals surface area contributed by atoms with E-state index >= 15 is 0 Å². The molecule has 5 aromatic rings. The van der Waals surface area contributed by atoms with Crippen molar-refractivity contribution in [1.29, 1.82) is 0 Å². The molecule has 0 saturated carbocycles. The first-order valence-corrected chi connectivity index (χ1v) is 10.4. The van der Waals surface area contributed by atoms with Crippen molar-refractivity contribution in [2.45, 2.75) is 26.9 Å². The minimum Gasteiger partial charge on any atom is -0.435 e. The molecule has 6 heteroatoms. The molecule has 4 heterocycles. The highest BCUT2D eigenvalue weighted by atomic mass is 16.3. The van der Waals surface area contributed by atoms with Crippen LogP contribution in [0.4, 0.5) is 23.0 Å². The molecule has 31 heavy (non-hydrogen) atoms. The summed E-state index contributed by atoms with van der Waals surface area (Å²) < 4.78 is 6.34. The first kappa shape index (κ1) is 17.9. The number of hydrogen-bond donors (Lipinski definition) is 0. The van der Waals surface area contributed by atoms with Gasteiger partial charge in [0.2, 0.25) is 5.71 Å². The normalized spacial score (nSPS) is 15.8. The van der Waals surface area contributed by atoms with Crippen LogP contribution in [0.3, 0.4) is 0 Å². The average Bonchev–Trinajstić information content (AvgIpc) is 3.28. The molecular formula is C25H21N5O. The number of anilines is 4. The maximum Gasteiger partial charge on any atom is 0.227 e. The lowest BCUT2D eigenvalue weighted by Crippen LogP contribution is -2.36. The molecule has 6 rings (SSSR count). The Labute approximate surface area is 179 Å². The van der Waals surface area contributed by atoms with Gasteiger partial charge in [-0.1, -0.05) is 30.3 Å². The molecule has 152 valence electrons. The van der Waals surface area contributed by atoms with Crippen molar-refractivity contribution in [3.8, 4) is 0 Å². The zero-order chi connectivity index (χ0) is 21.1. The Balaban J connectivity index is 1.62. The summed E-state index contributed by atoms with van der Waals surface area (Å²) >= 11 is 0. The van der Waals surface area contributed by atoms with E-state index in [1.54, 1.807) is 12.4 Å². The molecule has 0 fully saturated rings. The van der Waals surface area contributed by atoms with Gasteiger partial charge in [-0.2, -0.15) is 0 Å². The Morgan fingerprint density at radius 3 is 2.29 bits per heavy atom. The summed E-state index contributed by atoms with van der Waals surface area (Å²) in [4.78, 5) is 18.5. The standard InChI is InChI=1S/C25H21N5O/c1-15-9-11-19-20-12-10-16(2)28-25(20)31-22(19)21(15)30-17(3)29(18-7-5-4-6-8-18)23-24(30)27-14-13-26-23/h4-14,17H,1-3H3/t17-/m0/s1. The van der Waals surface area contributed by atoms with E-state index in [0.717, 1.165) is 50.6 Å². The van der Waals surface area contributed by atoms with Crippen LogP contribution in [-0.4, -0.2) is 21.1 Å². The molecule has 0 spiro atoms. The molecule has 2 aromatic carbocycles. The number of para-hydroxylation sites is 1. The van der Waals surface area contributed by atoms with Crippen LogP contribution in [0.5, 0.6) is 0 Å². The molecule has 0 amide bonds. The van der Waals surface area contributed by atoms with E-state index in [1.807, 2.05) is 31.2 Å². The summed E-state index contributed by atoms with van der Waals surface area (Å²) in [5, 5.41) is 2.08. The maximum absolute atomic E-state index is 6.34. The van der Waals surface area contributed by atoms with Gasteiger partial charge in [0.1, 0.15) is 6.17 Å². The summed E-state index contributed by atoms with van der Waals surface area (Å²) in [6.45, 7) is 6.25. The van der Waals surface area contributed by atoms with Crippen molar-refractivity contribution in [3.05, 3.63) is 78.2 Å². The van der Waals surface area contributed by atoms with Crippen molar-refractivity contribution < 1.29 is 4.42 Å². The van der Waals surface area contributed by atoms with Gasteiger partial charge < -0.3 is 9.32 Å². The maximum atomic E-state index is 6.34. The highest BCUT2D eigenvalue weighted by Crippen LogP contribution is 2.48. The lowest BCUT2D eigenvalue weighted by atomic mass is 10.1. The number of fused-ring (bicyclic) bond motifs is 4. The van der Waals surface area contributed by atoms with E-state index < -0.39 is 0 Å². The van der Waals surface area contributed by atoms with E-state index in [4.69, 9.17) is 9.40 Å². The van der Waals surface area contributed by atoms with Crippen LogP contribution in [0.2, 0.25) is 0 Å². The molecule has 1 aliphatic heterocycles. The van der Waals surface area contributed by atoms with E-state index in [9.17, 15) is 0 Å². The molecule has 0 bridgehead atoms. The second-order valence-electron chi connectivity index (χ2n) is 7.93. The largest absolute Gasteiger partial charge is 0.435 e. The second-order valence-corrected chi connectivity index (χ2v) is 7.93. The minimum absolute atomic E-state index is 0.0352. The van der Waals surface area contributed by atoms with Crippen LogP contribution in [0, 0.1) is 13.8 Å². The van der Waals surface area contributed by atoms with Gasteiger partial charge in [-0.25, -0.2) is 15.0 Å². The van der Waals surface area contributed by atoms with Crippen molar-refractivity contribution in [2.24, 2.45) is 0 Å². The molecule has 0 N–H and O–H groups in total. The topological polar surface area (TPSA) is 58.3 Å². The van der Waals surface area contributed by atoms with Crippen LogP contribution in [-0.2, 0) is 0 Å². The molecule has 0 saturated heterocycles. The summed E-state index contributed by atoms with van der Waals surface area (Å²) in [5.74, 6) is 1.65. The molecule has 6 nitrogen and oxygen atoms in total. The smallest absolute Gasteiger partial charge is 0.227 e. The Morgan fingerprint density at radius 2 is 1.52 bits per heavy atom. The third-order valence-electron chi connectivity index (χ3n) is 5.96. The number of pyridine rings is 1. The lowest BCUT2D eigenvalue weighted by Gasteiger charge is -2.30. The number of furan rings is 1. The lowest BCUT2D eigenvalue weighted by molar-refractivity contribution is 0.647. The summed E-state index contributed by atoms with van der Waals surface area (Å²) in [6.07, 6.45) is 3.45. The van der Waals surface area contributed by atoms with Gasteiger partial charge in [-0.3, -0.25) is 4.90 Å². The zero-order valence-electron chi connectivity index (χ0n) is 17.6. The fourth-order valence-corrected chi connectivity index (χ4v) is 4.55. The van der Waals surface area contributed by atoms with Crippen LogP contribution >= 0.6 is 0 Å². The van der Waals surface area contributed by atoms with Gasteiger partial charge in [0, 0.05) is 34.5 Å². The van der Waals surface area contributed by atoms with Crippen LogP contribution in [0.15, 0.2) is 71.4 Å². The van der Waals surface area contributed by atoms with Gasteiger partial charge >= 0.3 is 0 Å². The fraction of sp³-hybridized carbons (Fsp3) is 0.160. The Kier molecular flexibility index (Phi) is 3.77. The first-order valence-electron chi connectivity index (χ1n) is 10.4. The number of benzene rings is 2. The molecule has 1 aliphatic rings. The predicted molar refractivity (Wildman–Crippen MR) is 123 cm³/mol. The van der Waals surface area contributed by atoms with Gasteiger partial charge in [-0.15, -0.1) is 0 Å². The van der Waals surface area contributed by atoms with Gasteiger partial charge in [0.25, 0.3) is 0 Å². The Hall–Kier alpha value is -3.93. The first-order chi connectivity index (χ1) is 15.1. The zero-order valence-corrected chi connectivity index (χ0v) is 17.6. The van der Waals surface area contributed by atoms with Crippen LogP contribution in [0.1, 0.15) is 18.2 Å². The molecule has 1 atom stereocenters. The number of aryl methyl sites for hydroxylation is 2. The summed E-state index contributed by atoms with van der Waals surface area (Å²) in [6, 6.07) is 18.7. The third kappa shape index (κ3) is 2.54. The third-order valence-corrected chi connectivity index (χ3v) is 5.96. The second kappa shape index (κ2) is 6.54. The quantitative estimate of drug-likeness (QED) is 0.356. The summed E-state index contributed by atoms with van der Waals surface area (Å²) in [5.41, 5.74) is 5.61. The minimum atomic E-state index is -0.0352.